The van der Waals surface area contributed by atoms with E-state index in [2.05, 4.69) is 27.1 Å². The van der Waals surface area contributed by atoms with E-state index < -0.39 is 0 Å². The van der Waals surface area contributed by atoms with Gasteiger partial charge in [0, 0.05) is 24.3 Å². The molecule has 1 fully saturated rings. The molecule has 23 heavy (non-hydrogen) atoms. The van der Waals surface area contributed by atoms with Crippen molar-refractivity contribution in [3.05, 3.63) is 35.5 Å². The van der Waals surface area contributed by atoms with Gasteiger partial charge in [-0.1, -0.05) is 18.5 Å². The molecule has 0 saturated carbocycles. The Bertz CT molecular complexity index is 671. The number of anilines is 3. The third kappa shape index (κ3) is 3.85. The second-order valence-electron chi connectivity index (χ2n) is 5.88. The molecule has 5 nitrogen and oxygen atoms in total. The van der Waals surface area contributed by atoms with Crippen LogP contribution < -0.4 is 15.0 Å². The summed E-state index contributed by atoms with van der Waals surface area (Å²) < 4.78 is 5.34. The van der Waals surface area contributed by atoms with Crippen molar-refractivity contribution in [3.63, 3.8) is 0 Å². The normalized spacial score (nSPS) is 15.5. The summed E-state index contributed by atoms with van der Waals surface area (Å²) in [6.07, 6.45) is 4.18. The Labute approximate surface area is 141 Å². The van der Waals surface area contributed by atoms with E-state index in [1.54, 1.807) is 25.4 Å². The third-order valence-electron chi connectivity index (χ3n) is 4.16. The van der Waals surface area contributed by atoms with E-state index in [9.17, 15) is 0 Å². The molecular weight excluding hydrogens is 312 g/mol. The number of ether oxygens (including phenoxy) is 1. The summed E-state index contributed by atoms with van der Waals surface area (Å²) in [6, 6.07) is 7.37. The van der Waals surface area contributed by atoms with Gasteiger partial charge in [0.15, 0.2) is 0 Å². The van der Waals surface area contributed by atoms with Crippen LogP contribution >= 0.6 is 11.6 Å². The molecule has 1 saturated heterocycles. The fraction of sp³-hybridized carbons (Fsp3) is 0.412. The smallest absolute Gasteiger partial charge is 0.229 e. The Morgan fingerprint density at radius 3 is 2.78 bits per heavy atom. The van der Waals surface area contributed by atoms with Crippen LogP contribution in [0.1, 0.15) is 19.8 Å². The van der Waals surface area contributed by atoms with E-state index >= 15 is 0 Å². The van der Waals surface area contributed by atoms with Crippen molar-refractivity contribution in [1.82, 2.24) is 9.97 Å². The van der Waals surface area contributed by atoms with E-state index in [-0.39, 0.29) is 0 Å². The van der Waals surface area contributed by atoms with Crippen LogP contribution in [0.15, 0.2) is 30.5 Å². The zero-order valence-corrected chi connectivity index (χ0v) is 14.2. The Morgan fingerprint density at radius 1 is 1.26 bits per heavy atom. The number of halogens is 1. The summed E-state index contributed by atoms with van der Waals surface area (Å²) in [7, 11) is 1.63. The summed E-state index contributed by atoms with van der Waals surface area (Å²) in [4.78, 5) is 11.2. The maximum absolute atomic E-state index is 6.06. The third-order valence-corrected chi connectivity index (χ3v) is 4.39. The van der Waals surface area contributed by atoms with Gasteiger partial charge in [0.25, 0.3) is 0 Å². The lowest BCUT2D eigenvalue weighted by atomic mass is 9.99. The van der Waals surface area contributed by atoms with Crippen molar-refractivity contribution in [2.75, 3.05) is 30.4 Å². The molecule has 2 heterocycles. The first-order chi connectivity index (χ1) is 11.2. The molecule has 0 unspecified atom stereocenters. The molecule has 0 atom stereocenters. The van der Waals surface area contributed by atoms with E-state index in [0.29, 0.717) is 16.7 Å². The number of aromatic nitrogens is 2. The van der Waals surface area contributed by atoms with Crippen molar-refractivity contribution >= 4 is 29.1 Å². The number of nitrogens with zero attached hydrogens (tertiary/aromatic N) is 3. The van der Waals surface area contributed by atoms with Crippen molar-refractivity contribution in [1.29, 1.82) is 0 Å². The van der Waals surface area contributed by atoms with Gasteiger partial charge in [-0.15, -0.1) is 0 Å². The van der Waals surface area contributed by atoms with Gasteiger partial charge in [0.2, 0.25) is 5.95 Å². The van der Waals surface area contributed by atoms with Crippen LogP contribution in [0.2, 0.25) is 5.02 Å². The Hall–Kier alpha value is -2.01. The largest absolute Gasteiger partial charge is 0.495 e. The van der Waals surface area contributed by atoms with Crippen LogP contribution in [0, 0.1) is 5.92 Å². The van der Waals surface area contributed by atoms with Crippen molar-refractivity contribution in [2.45, 2.75) is 19.8 Å². The Morgan fingerprint density at radius 2 is 2.04 bits per heavy atom. The summed E-state index contributed by atoms with van der Waals surface area (Å²) in [5, 5.41) is 3.83. The summed E-state index contributed by atoms with van der Waals surface area (Å²) >= 11 is 6.06. The highest BCUT2D eigenvalue weighted by molar-refractivity contribution is 6.30. The fourth-order valence-corrected chi connectivity index (χ4v) is 2.89. The van der Waals surface area contributed by atoms with E-state index in [4.69, 9.17) is 16.3 Å². The van der Waals surface area contributed by atoms with Gasteiger partial charge in [-0.2, -0.15) is 4.98 Å². The average Bonchev–Trinajstić information content (AvgIpc) is 2.56. The standard InChI is InChI=1S/C17H21ClN4O/c1-12-6-9-22(10-7-12)16-5-8-19-17(21-16)20-14-11-13(18)3-4-15(14)23-2/h3-5,8,11-12H,6-7,9-10H2,1-2H3,(H,19,20,21). The lowest BCUT2D eigenvalue weighted by Gasteiger charge is -2.31. The molecule has 6 heteroatoms. The van der Waals surface area contributed by atoms with Gasteiger partial charge >= 0.3 is 0 Å². The van der Waals surface area contributed by atoms with E-state index in [1.807, 2.05) is 12.1 Å². The topological polar surface area (TPSA) is 50.3 Å². The lowest BCUT2D eigenvalue weighted by Crippen LogP contribution is -2.33. The van der Waals surface area contributed by atoms with Crippen LogP contribution in [0.4, 0.5) is 17.5 Å². The molecule has 122 valence electrons. The predicted molar refractivity (Wildman–Crippen MR) is 93.9 cm³/mol. The quantitative estimate of drug-likeness (QED) is 0.912. The molecule has 1 aromatic carbocycles. The number of methoxy groups -OCH3 is 1. The van der Waals surface area contributed by atoms with Gasteiger partial charge in [0.05, 0.1) is 12.8 Å². The minimum absolute atomic E-state index is 0.543. The van der Waals surface area contributed by atoms with Gasteiger partial charge in [-0.05, 0) is 43.0 Å². The number of hydrogen-bond donors (Lipinski definition) is 1. The van der Waals surface area contributed by atoms with Gasteiger partial charge in [-0.25, -0.2) is 4.98 Å². The van der Waals surface area contributed by atoms with Gasteiger partial charge in [0.1, 0.15) is 11.6 Å². The molecule has 0 spiro atoms. The maximum atomic E-state index is 6.06. The summed E-state index contributed by atoms with van der Waals surface area (Å²) in [6.45, 7) is 4.38. The van der Waals surface area contributed by atoms with Gasteiger partial charge in [-0.3, -0.25) is 0 Å². The first-order valence-corrected chi connectivity index (χ1v) is 8.22. The molecule has 1 aliphatic heterocycles. The van der Waals surface area contributed by atoms with Crippen LogP contribution in [0.5, 0.6) is 5.75 Å². The van der Waals surface area contributed by atoms with Crippen molar-refractivity contribution in [3.8, 4) is 5.75 Å². The predicted octanol–water partition coefficient (Wildman–Crippen LogP) is 4.12. The SMILES string of the molecule is COc1ccc(Cl)cc1Nc1nccc(N2CCC(C)CC2)n1. The summed E-state index contributed by atoms with van der Waals surface area (Å²) in [5.74, 6) is 2.99. The summed E-state index contributed by atoms with van der Waals surface area (Å²) in [5.41, 5.74) is 0.754. The van der Waals surface area contributed by atoms with Crippen molar-refractivity contribution in [2.24, 2.45) is 5.92 Å². The molecule has 0 aliphatic carbocycles. The highest BCUT2D eigenvalue weighted by Crippen LogP contribution is 2.30. The highest BCUT2D eigenvalue weighted by Gasteiger charge is 2.17. The van der Waals surface area contributed by atoms with E-state index in [0.717, 1.165) is 30.5 Å². The first kappa shape index (κ1) is 15.9. The molecule has 1 N–H and O–H groups in total. The van der Waals surface area contributed by atoms with Crippen molar-refractivity contribution < 1.29 is 4.74 Å². The Balaban J connectivity index is 1.79. The Kier molecular flexibility index (Phi) is 4.86. The molecule has 2 aromatic rings. The van der Waals surface area contributed by atoms with Gasteiger partial charge < -0.3 is 15.0 Å². The zero-order chi connectivity index (χ0) is 16.2. The minimum Gasteiger partial charge on any atom is -0.495 e. The maximum Gasteiger partial charge on any atom is 0.229 e. The van der Waals surface area contributed by atoms with Crippen LogP contribution in [-0.2, 0) is 0 Å². The average molecular weight is 333 g/mol. The molecule has 1 aromatic heterocycles. The van der Waals surface area contributed by atoms with Crippen LogP contribution in [-0.4, -0.2) is 30.2 Å². The van der Waals surface area contributed by atoms with Crippen LogP contribution in [0.25, 0.3) is 0 Å². The monoisotopic (exact) mass is 332 g/mol. The number of benzene rings is 1. The molecular formula is C17H21ClN4O. The number of nitrogens with one attached hydrogen (secondary N) is 1. The first-order valence-electron chi connectivity index (χ1n) is 7.84. The minimum atomic E-state index is 0.543. The highest BCUT2D eigenvalue weighted by atomic mass is 35.5. The molecule has 3 rings (SSSR count). The second-order valence-corrected chi connectivity index (χ2v) is 6.31. The lowest BCUT2D eigenvalue weighted by molar-refractivity contribution is 0.417. The zero-order valence-electron chi connectivity index (χ0n) is 13.4. The number of rotatable bonds is 4. The molecule has 1 aliphatic rings. The van der Waals surface area contributed by atoms with E-state index in [1.165, 1.54) is 12.8 Å². The molecule has 0 bridgehead atoms. The fourth-order valence-electron chi connectivity index (χ4n) is 2.72. The number of hydrogen-bond acceptors (Lipinski definition) is 5. The number of piperidine rings is 1. The second kappa shape index (κ2) is 7.04. The van der Waals surface area contributed by atoms with Crippen LogP contribution in [0.3, 0.4) is 0 Å². The molecule has 0 amide bonds. The molecule has 0 radical (unpaired) electrons.